The minimum atomic E-state index is -1.66. The zero-order chi connectivity index (χ0) is 15.3. The number of aryl methyl sites for hydroxylation is 1. The molecule has 21 heavy (non-hydrogen) atoms. The van der Waals surface area contributed by atoms with E-state index in [9.17, 15) is 14.9 Å². The second-order valence-corrected chi connectivity index (χ2v) is 4.91. The summed E-state index contributed by atoms with van der Waals surface area (Å²) in [5.41, 5.74) is 0.580. The van der Waals surface area contributed by atoms with Gasteiger partial charge in [0.2, 0.25) is 6.41 Å². The molecule has 2 aromatic carbocycles. The summed E-state index contributed by atoms with van der Waals surface area (Å²) in [5.74, 6) is 0. The standard InChI is InChI=1S/C16H16N2O3/c1-13-7-9-15(10-8-13)16(17-12-19,18(20)21)11-14-5-3-2-4-6-14/h2-10,12H,11H2,1H3,(H,17,19). The van der Waals surface area contributed by atoms with Crippen molar-refractivity contribution in [2.75, 3.05) is 0 Å². The molecule has 1 atom stereocenters. The molecule has 1 N–H and O–H groups in total. The zero-order valence-electron chi connectivity index (χ0n) is 11.7. The number of carbonyl (C=O) groups excluding carboxylic acids is 1. The zero-order valence-corrected chi connectivity index (χ0v) is 11.7. The van der Waals surface area contributed by atoms with Crippen LogP contribution in [0, 0.1) is 17.0 Å². The average Bonchev–Trinajstić information content (AvgIpc) is 2.48. The summed E-state index contributed by atoms with van der Waals surface area (Å²) < 4.78 is 0. The Kier molecular flexibility index (Phi) is 4.33. The lowest BCUT2D eigenvalue weighted by Crippen LogP contribution is -2.50. The summed E-state index contributed by atoms with van der Waals surface area (Å²) in [6.07, 6.45) is 0.467. The smallest absolute Gasteiger partial charge is 0.290 e. The highest BCUT2D eigenvalue weighted by Crippen LogP contribution is 2.26. The van der Waals surface area contributed by atoms with E-state index in [2.05, 4.69) is 5.32 Å². The van der Waals surface area contributed by atoms with Crippen LogP contribution >= 0.6 is 0 Å². The van der Waals surface area contributed by atoms with Crippen LogP contribution in [0.5, 0.6) is 0 Å². The van der Waals surface area contributed by atoms with Gasteiger partial charge in [0.25, 0.3) is 0 Å². The second kappa shape index (κ2) is 6.17. The van der Waals surface area contributed by atoms with Gasteiger partial charge in [-0.3, -0.25) is 20.2 Å². The van der Waals surface area contributed by atoms with Crippen LogP contribution < -0.4 is 5.32 Å². The second-order valence-electron chi connectivity index (χ2n) is 4.91. The molecule has 2 aromatic rings. The highest BCUT2D eigenvalue weighted by molar-refractivity contribution is 5.49. The molecule has 5 heteroatoms. The van der Waals surface area contributed by atoms with Crippen molar-refractivity contribution in [2.24, 2.45) is 0 Å². The maximum atomic E-state index is 11.7. The Bertz CT molecular complexity index is 626. The Labute approximate surface area is 122 Å². The summed E-state index contributed by atoms with van der Waals surface area (Å²) in [7, 11) is 0. The number of nitrogens with zero attached hydrogens (tertiary/aromatic N) is 1. The van der Waals surface area contributed by atoms with Crippen LogP contribution in [-0.4, -0.2) is 11.3 Å². The van der Waals surface area contributed by atoms with Crippen molar-refractivity contribution in [2.45, 2.75) is 19.0 Å². The minimum Gasteiger partial charge on any atom is -0.290 e. The van der Waals surface area contributed by atoms with Gasteiger partial charge in [0.1, 0.15) is 0 Å². The number of hydrogen-bond acceptors (Lipinski definition) is 3. The Morgan fingerprint density at radius 2 is 1.76 bits per heavy atom. The van der Waals surface area contributed by atoms with E-state index in [0.717, 1.165) is 11.1 Å². The van der Waals surface area contributed by atoms with Crippen molar-refractivity contribution in [3.05, 3.63) is 81.4 Å². The van der Waals surface area contributed by atoms with Gasteiger partial charge in [0.05, 0.1) is 16.9 Å². The van der Waals surface area contributed by atoms with Gasteiger partial charge in [-0.1, -0.05) is 48.0 Å². The van der Waals surface area contributed by atoms with Crippen LogP contribution in [0.1, 0.15) is 16.7 Å². The van der Waals surface area contributed by atoms with Crippen molar-refractivity contribution in [1.29, 1.82) is 0 Å². The lowest BCUT2D eigenvalue weighted by atomic mass is 9.92. The van der Waals surface area contributed by atoms with Gasteiger partial charge in [-0.2, -0.15) is 0 Å². The van der Waals surface area contributed by atoms with Crippen LogP contribution in [0.3, 0.4) is 0 Å². The molecule has 0 saturated heterocycles. The monoisotopic (exact) mass is 284 g/mol. The van der Waals surface area contributed by atoms with Gasteiger partial charge < -0.3 is 0 Å². The number of hydrogen-bond donors (Lipinski definition) is 1. The lowest BCUT2D eigenvalue weighted by molar-refractivity contribution is -0.585. The predicted octanol–water partition coefficient (Wildman–Crippen LogP) is 2.41. The summed E-state index contributed by atoms with van der Waals surface area (Å²) in [6, 6.07) is 16.0. The first kappa shape index (κ1) is 14.7. The Morgan fingerprint density at radius 1 is 1.14 bits per heavy atom. The number of nitrogens with one attached hydrogen (secondary N) is 1. The summed E-state index contributed by atoms with van der Waals surface area (Å²) >= 11 is 0. The van der Waals surface area contributed by atoms with Crippen LogP contribution in [-0.2, 0) is 16.9 Å². The highest BCUT2D eigenvalue weighted by Gasteiger charge is 2.44. The Balaban J connectivity index is 2.49. The molecule has 1 unspecified atom stereocenters. The average molecular weight is 284 g/mol. The fourth-order valence-electron chi connectivity index (χ4n) is 2.28. The maximum absolute atomic E-state index is 11.7. The first-order valence-electron chi connectivity index (χ1n) is 6.55. The molecule has 0 saturated carbocycles. The fraction of sp³-hybridized carbons (Fsp3) is 0.188. The molecule has 2 rings (SSSR count). The summed E-state index contributed by atoms with van der Waals surface area (Å²) in [6.45, 7) is 1.90. The first-order chi connectivity index (χ1) is 10.1. The van der Waals surface area contributed by atoms with E-state index >= 15 is 0 Å². The third-order valence-electron chi connectivity index (χ3n) is 3.44. The first-order valence-corrected chi connectivity index (χ1v) is 6.55. The molecule has 0 radical (unpaired) electrons. The molecule has 0 aliphatic carbocycles. The molecule has 0 bridgehead atoms. The van der Waals surface area contributed by atoms with Crippen molar-refractivity contribution < 1.29 is 9.72 Å². The summed E-state index contributed by atoms with van der Waals surface area (Å²) in [5, 5.41) is 14.1. The van der Waals surface area contributed by atoms with E-state index in [-0.39, 0.29) is 6.42 Å². The third kappa shape index (κ3) is 3.08. The van der Waals surface area contributed by atoms with Crippen molar-refractivity contribution in [3.63, 3.8) is 0 Å². The molecular weight excluding hydrogens is 268 g/mol. The maximum Gasteiger partial charge on any atom is 0.325 e. The summed E-state index contributed by atoms with van der Waals surface area (Å²) in [4.78, 5) is 22.2. The van der Waals surface area contributed by atoms with E-state index in [1.54, 1.807) is 36.4 Å². The molecule has 1 amide bonds. The van der Waals surface area contributed by atoms with E-state index < -0.39 is 10.6 Å². The molecule has 5 nitrogen and oxygen atoms in total. The van der Waals surface area contributed by atoms with E-state index in [4.69, 9.17) is 0 Å². The molecule has 0 spiro atoms. The van der Waals surface area contributed by atoms with Gasteiger partial charge >= 0.3 is 5.66 Å². The minimum absolute atomic E-state index is 0.0860. The number of rotatable bonds is 6. The van der Waals surface area contributed by atoms with Crippen LogP contribution in [0.2, 0.25) is 0 Å². The van der Waals surface area contributed by atoms with Crippen LogP contribution in [0.15, 0.2) is 54.6 Å². The molecule has 0 fully saturated rings. The quantitative estimate of drug-likeness (QED) is 0.383. The van der Waals surface area contributed by atoms with Gasteiger partial charge in [-0.05, 0) is 24.6 Å². The third-order valence-corrected chi connectivity index (χ3v) is 3.44. The van der Waals surface area contributed by atoms with Crippen LogP contribution in [0.4, 0.5) is 0 Å². The SMILES string of the molecule is Cc1ccc(C(Cc2ccccc2)(NC=O)[N+](=O)[O-])cc1. The normalized spacial score (nSPS) is 13.2. The predicted molar refractivity (Wildman–Crippen MR) is 79.2 cm³/mol. The Hall–Kier alpha value is -2.69. The van der Waals surface area contributed by atoms with Crippen molar-refractivity contribution in [1.82, 2.24) is 5.32 Å². The fourth-order valence-corrected chi connectivity index (χ4v) is 2.28. The van der Waals surface area contributed by atoms with Gasteiger partial charge in [-0.15, -0.1) is 0 Å². The number of amides is 1. The molecule has 0 heterocycles. The largest absolute Gasteiger partial charge is 0.325 e. The van der Waals surface area contributed by atoms with Gasteiger partial charge in [0.15, 0.2) is 0 Å². The van der Waals surface area contributed by atoms with Gasteiger partial charge in [0, 0.05) is 0 Å². The molecule has 108 valence electrons. The highest BCUT2D eigenvalue weighted by atomic mass is 16.6. The van der Waals surface area contributed by atoms with Crippen molar-refractivity contribution >= 4 is 6.41 Å². The number of benzene rings is 2. The van der Waals surface area contributed by atoms with Crippen LogP contribution in [0.25, 0.3) is 0 Å². The molecule has 0 aliphatic heterocycles. The van der Waals surface area contributed by atoms with E-state index in [1.807, 2.05) is 25.1 Å². The number of carbonyl (C=O) groups is 1. The van der Waals surface area contributed by atoms with E-state index in [0.29, 0.717) is 12.0 Å². The number of nitro groups is 1. The molecule has 0 aromatic heterocycles. The lowest BCUT2D eigenvalue weighted by Gasteiger charge is -2.25. The molecular formula is C16H16N2O3. The molecule has 0 aliphatic rings. The van der Waals surface area contributed by atoms with E-state index in [1.165, 1.54) is 0 Å². The topological polar surface area (TPSA) is 72.2 Å². The van der Waals surface area contributed by atoms with Crippen molar-refractivity contribution in [3.8, 4) is 0 Å². The Morgan fingerprint density at radius 3 is 2.29 bits per heavy atom. The van der Waals surface area contributed by atoms with Gasteiger partial charge in [-0.25, -0.2) is 0 Å².